The zero-order valence-electron chi connectivity index (χ0n) is 7.32. The Morgan fingerprint density at radius 3 is 2.93 bits per heavy atom. The molecule has 0 unspecified atom stereocenters. The van der Waals surface area contributed by atoms with Gasteiger partial charge in [0.25, 0.3) is 0 Å². The molecule has 0 N–H and O–H groups in total. The third-order valence-corrected chi connectivity index (χ3v) is 2.26. The normalized spacial score (nSPS) is 10.4. The van der Waals surface area contributed by atoms with Crippen molar-refractivity contribution in [1.29, 1.82) is 0 Å². The Labute approximate surface area is 85.9 Å². The van der Waals surface area contributed by atoms with E-state index in [1.54, 1.807) is 16.9 Å². The van der Waals surface area contributed by atoms with Crippen molar-refractivity contribution in [1.82, 2.24) is 9.78 Å². The van der Waals surface area contributed by atoms with Crippen LogP contribution in [0.4, 0.5) is 4.39 Å². The van der Waals surface area contributed by atoms with Gasteiger partial charge >= 0.3 is 0 Å². The molecular weight excluding hydrogens is 203 g/mol. The van der Waals surface area contributed by atoms with E-state index >= 15 is 0 Å². The van der Waals surface area contributed by atoms with Gasteiger partial charge in [0, 0.05) is 17.4 Å². The Balaban J connectivity index is 2.25. The highest BCUT2D eigenvalue weighted by molar-refractivity contribution is 6.31. The summed E-state index contributed by atoms with van der Waals surface area (Å²) in [5, 5.41) is 4.47. The van der Waals surface area contributed by atoms with Gasteiger partial charge in [-0.2, -0.15) is 5.10 Å². The summed E-state index contributed by atoms with van der Waals surface area (Å²) in [6.07, 6.45) is 3.52. The Bertz CT molecular complexity index is 426. The van der Waals surface area contributed by atoms with Gasteiger partial charge in [0.05, 0.1) is 6.54 Å². The van der Waals surface area contributed by atoms with Crippen molar-refractivity contribution in [2.45, 2.75) is 6.54 Å². The highest BCUT2D eigenvalue weighted by atomic mass is 35.5. The van der Waals surface area contributed by atoms with Gasteiger partial charge in [-0.3, -0.25) is 4.68 Å². The lowest BCUT2D eigenvalue weighted by Gasteiger charge is -2.04. The van der Waals surface area contributed by atoms with Crippen molar-refractivity contribution < 1.29 is 4.39 Å². The Morgan fingerprint density at radius 1 is 1.43 bits per heavy atom. The average Bonchev–Trinajstić information content (AvgIpc) is 2.62. The minimum Gasteiger partial charge on any atom is -0.268 e. The SMILES string of the molecule is Fc1ccc(Cn2cccn2)c(Cl)c1. The second-order valence-corrected chi connectivity index (χ2v) is 3.35. The van der Waals surface area contributed by atoms with Crippen LogP contribution in [0.2, 0.25) is 5.02 Å². The largest absolute Gasteiger partial charge is 0.268 e. The molecule has 0 aliphatic carbocycles. The monoisotopic (exact) mass is 210 g/mol. The summed E-state index contributed by atoms with van der Waals surface area (Å²) in [6.45, 7) is 0.562. The van der Waals surface area contributed by atoms with Gasteiger partial charge in [-0.15, -0.1) is 0 Å². The predicted octanol–water partition coefficient (Wildman–Crippen LogP) is 2.72. The fourth-order valence-corrected chi connectivity index (χ4v) is 1.45. The van der Waals surface area contributed by atoms with Crippen LogP contribution in [-0.4, -0.2) is 9.78 Å². The van der Waals surface area contributed by atoms with Gasteiger partial charge in [-0.25, -0.2) is 4.39 Å². The minimum absolute atomic E-state index is 0.320. The van der Waals surface area contributed by atoms with Crippen molar-refractivity contribution in [2.75, 3.05) is 0 Å². The molecule has 2 rings (SSSR count). The number of aromatic nitrogens is 2. The predicted molar refractivity (Wildman–Crippen MR) is 52.7 cm³/mol. The van der Waals surface area contributed by atoms with E-state index in [-0.39, 0.29) is 5.82 Å². The molecule has 14 heavy (non-hydrogen) atoms. The van der Waals surface area contributed by atoms with Crippen LogP contribution in [-0.2, 0) is 6.54 Å². The number of hydrogen-bond donors (Lipinski definition) is 0. The molecule has 4 heteroatoms. The molecule has 1 aromatic heterocycles. The van der Waals surface area contributed by atoms with Crippen molar-refractivity contribution in [2.24, 2.45) is 0 Å². The highest BCUT2D eigenvalue weighted by Gasteiger charge is 2.02. The quantitative estimate of drug-likeness (QED) is 0.745. The smallest absolute Gasteiger partial charge is 0.124 e. The van der Waals surface area contributed by atoms with Crippen LogP contribution in [0.1, 0.15) is 5.56 Å². The van der Waals surface area contributed by atoms with Crippen molar-refractivity contribution in [3.8, 4) is 0 Å². The van der Waals surface area contributed by atoms with E-state index in [2.05, 4.69) is 5.10 Å². The molecule has 0 amide bonds. The zero-order valence-corrected chi connectivity index (χ0v) is 8.08. The van der Waals surface area contributed by atoms with Gasteiger partial charge in [-0.05, 0) is 23.8 Å². The lowest BCUT2D eigenvalue weighted by molar-refractivity contribution is 0.624. The fourth-order valence-electron chi connectivity index (χ4n) is 1.22. The zero-order chi connectivity index (χ0) is 9.97. The second-order valence-electron chi connectivity index (χ2n) is 2.94. The Kier molecular flexibility index (Phi) is 2.50. The lowest BCUT2D eigenvalue weighted by atomic mass is 10.2. The van der Waals surface area contributed by atoms with Crippen molar-refractivity contribution in [3.63, 3.8) is 0 Å². The van der Waals surface area contributed by atoms with Gasteiger partial charge in [0.1, 0.15) is 5.82 Å². The molecule has 0 atom stereocenters. The number of rotatable bonds is 2. The molecule has 1 heterocycles. The summed E-state index contributed by atoms with van der Waals surface area (Å²) in [6, 6.07) is 6.20. The molecule has 0 saturated carbocycles. The van der Waals surface area contributed by atoms with Crippen molar-refractivity contribution in [3.05, 3.63) is 53.1 Å². The molecule has 0 bridgehead atoms. The summed E-state index contributed by atoms with van der Waals surface area (Å²) in [4.78, 5) is 0. The van der Waals surface area contributed by atoms with Crippen LogP contribution >= 0.6 is 11.6 Å². The summed E-state index contributed by atoms with van der Waals surface area (Å²) >= 11 is 5.87. The number of nitrogens with zero attached hydrogens (tertiary/aromatic N) is 2. The molecule has 72 valence electrons. The molecule has 0 spiro atoms. The molecular formula is C10H8ClFN2. The first-order chi connectivity index (χ1) is 6.75. The van der Waals surface area contributed by atoms with E-state index in [0.29, 0.717) is 11.6 Å². The molecule has 2 nitrogen and oxygen atoms in total. The number of hydrogen-bond acceptors (Lipinski definition) is 1. The fraction of sp³-hybridized carbons (Fsp3) is 0.100. The molecule has 2 aromatic rings. The summed E-state index contributed by atoms with van der Waals surface area (Å²) < 4.78 is 14.5. The Hall–Kier alpha value is -1.35. The third-order valence-electron chi connectivity index (χ3n) is 1.91. The van der Waals surface area contributed by atoms with Crippen LogP contribution < -0.4 is 0 Å². The number of halogens is 2. The third kappa shape index (κ3) is 1.93. The minimum atomic E-state index is -0.320. The van der Waals surface area contributed by atoms with Crippen LogP contribution in [0, 0.1) is 5.82 Å². The molecule has 0 aliphatic rings. The van der Waals surface area contributed by atoms with Gasteiger partial charge in [-0.1, -0.05) is 17.7 Å². The van der Waals surface area contributed by atoms with Gasteiger partial charge in [0.2, 0.25) is 0 Å². The van der Waals surface area contributed by atoms with Crippen molar-refractivity contribution >= 4 is 11.6 Å². The molecule has 0 fully saturated rings. The average molecular weight is 211 g/mol. The molecule has 0 radical (unpaired) electrons. The lowest BCUT2D eigenvalue weighted by Crippen LogP contribution is -2.00. The van der Waals surface area contributed by atoms with E-state index in [4.69, 9.17) is 11.6 Å². The van der Waals surface area contributed by atoms with Crippen LogP contribution in [0.25, 0.3) is 0 Å². The summed E-state index contributed by atoms with van der Waals surface area (Å²) in [7, 11) is 0. The van der Waals surface area contributed by atoms with Gasteiger partial charge < -0.3 is 0 Å². The first-order valence-corrected chi connectivity index (χ1v) is 4.55. The summed E-state index contributed by atoms with van der Waals surface area (Å²) in [5.74, 6) is -0.320. The van der Waals surface area contributed by atoms with Crippen LogP contribution in [0.5, 0.6) is 0 Å². The molecule has 1 aromatic carbocycles. The van der Waals surface area contributed by atoms with Crippen LogP contribution in [0.15, 0.2) is 36.7 Å². The first-order valence-electron chi connectivity index (χ1n) is 4.17. The number of benzene rings is 1. The summed E-state index contributed by atoms with van der Waals surface area (Å²) in [5.41, 5.74) is 0.858. The molecule has 0 saturated heterocycles. The van der Waals surface area contributed by atoms with Crippen LogP contribution in [0.3, 0.4) is 0 Å². The standard InChI is InChI=1S/C10H8ClFN2/c11-10-6-9(12)3-2-8(10)7-14-5-1-4-13-14/h1-6H,7H2. The van der Waals surface area contributed by atoms with E-state index in [0.717, 1.165) is 5.56 Å². The first kappa shape index (κ1) is 9.21. The maximum Gasteiger partial charge on any atom is 0.124 e. The second kappa shape index (κ2) is 3.80. The van der Waals surface area contributed by atoms with E-state index in [1.807, 2.05) is 12.3 Å². The Morgan fingerprint density at radius 2 is 2.29 bits per heavy atom. The highest BCUT2D eigenvalue weighted by Crippen LogP contribution is 2.17. The van der Waals surface area contributed by atoms with E-state index in [1.165, 1.54) is 12.1 Å². The molecule has 0 aliphatic heterocycles. The van der Waals surface area contributed by atoms with E-state index in [9.17, 15) is 4.39 Å². The topological polar surface area (TPSA) is 17.8 Å². The maximum atomic E-state index is 12.7. The van der Waals surface area contributed by atoms with E-state index < -0.39 is 0 Å². The maximum absolute atomic E-state index is 12.7. The van der Waals surface area contributed by atoms with Gasteiger partial charge in [0.15, 0.2) is 0 Å².